The SMILES string of the molecule is CCCCOP(O)(=S)SCCCC.[Mo]. The van der Waals surface area contributed by atoms with Crippen LogP contribution in [0.1, 0.15) is 39.5 Å². The smallest absolute Gasteiger partial charge is 0.244 e. The summed E-state index contributed by atoms with van der Waals surface area (Å²) in [5.41, 5.74) is -2.50. The Morgan fingerprint density at radius 1 is 1.29 bits per heavy atom. The summed E-state index contributed by atoms with van der Waals surface area (Å²) in [7, 11) is 0. The van der Waals surface area contributed by atoms with Gasteiger partial charge in [-0.3, -0.25) is 0 Å². The van der Waals surface area contributed by atoms with Gasteiger partial charge in [-0.25, -0.2) is 0 Å². The van der Waals surface area contributed by atoms with Crippen LogP contribution in [0.3, 0.4) is 0 Å². The maximum absolute atomic E-state index is 9.63. The molecule has 14 heavy (non-hydrogen) atoms. The van der Waals surface area contributed by atoms with E-state index in [2.05, 4.69) is 13.8 Å². The molecule has 0 saturated carbocycles. The van der Waals surface area contributed by atoms with Gasteiger partial charge in [0.15, 0.2) is 0 Å². The fraction of sp³-hybridized carbons (Fsp3) is 1.00. The molecule has 0 aromatic rings. The van der Waals surface area contributed by atoms with Crippen LogP contribution in [0, 0.1) is 0 Å². The first-order chi connectivity index (χ1) is 6.12. The van der Waals surface area contributed by atoms with E-state index in [-0.39, 0.29) is 21.1 Å². The van der Waals surface area contributed by atoms with E-state index in [0.29, 0.717) is 6.61 Å². The number of hydrogen-bond donors (Lipinski definition) is 1. The zero-order chi connectivity index (χ0) is 10.2. The Morgan fingerprint density at radius 3 is 2.36 bits per heavy atom. The molecule has 0 saturated heterocycles. The van der Waals surface area contributed by atoms with E-state index in [1.165, 1.54) is 11.4 Å². The minimum Gasteiger partial charge on any atom is -0.337 e. The van der Waals surface area contributed by atoms with Gasteiger partial charge in [0.25, 0.3) is 0 Å². The molecule has 6 heteroatoms. The molecule has 2 nitrogen and oxygen atoms in total. The molecule has 0 radical (unpaired) electrons. The molecule has 0 aromatic carbocycles. The van der Waals surface area contributed by atoms with Crippen molar-refractivity contribution in [2.75, 3.05) is 12.4 Å². The molecule has 1 atom stereocenters. The third-order valence-corrected chi connectivity index (χ3v) is 5.92. The monoisotopic (exact) mass is 340 g/mol. The van der Waals surface area contributed by atoms with Crippen molar-refractivity contribution in [2.24, 2.45) is 0 Å². The molecule has 0 heterocycles. The Kier molecular flexibility index (Phi) is 14.3. The quantitative estimate of drug-likeness (QED) is 0.416. The Balaban J connectivity index is 0. The van der Waals surface area contributed by atoms with Crippen molar-refractivity contribution >= 4 is 28.9 Å². The van der Waals surface area contributed by atoms with Gasteiger partial charge in [-0.1, -0.05) is 38.1 Å². The number of unbranched alkanes of at least 4 members (excludes halogenated alkanes) is 2. The van der Waals surface area contributed by atoms with E-state index in [4.69, 9.17) is 16.3 Å². The second-order valence-electron chi connectivity index (χ2n) is 2.84. The normalized spacial score (nSPS) is 14.5. The van der Waals surface area contributed by atoms with Crippen LogP contribution in [0.25, 0.3) is 0 Å². The van der Waals surface area contributed by atoms with Gasteiger partial charge >= 0.3 is 0 Å². The van der Waals surface area contributed by atoms with Crippen LogP contribution in [0.4, 0.5) is 0 Å². The minimum atomic E-state index is -2.50. The van der Waals surface area contributed by atoms with Crippen molar-refractivity contribution in [3.63, 3.8) is 0 Å². The second-order valence-corrected chi connectivity index (χ2v) is 9.14. The summed E-state index contributed by atoms with van der Waals surface area (Å²) in [6.45, 7) is 4.82. The molecule has 0 rings (SSSR count). The summed E-state index contributed by atoms with van der Waals surface area (Å²) in [6.07, 6.45) is 4.29. The third-order valence-electron chi connectivity index (χ3n) is 1.50. The standard InChI is InChI=1S/C8H19O2PS2.Mo/c1-3-5-7-10-11(9,12)13-8-6-4-2;/h3-8H2,1-2H3,(H,9,12);. The summed E-state index contributed by atoms with van der Waals surface area (Å²) in [5, 5.41) is 0. The van der Waals surface area contributed by atoms with Gasteiger partial charge in [0, 0.05) is 26.8 Å². The number of hydrogen-bond acceptors (Lipinski definition) is 3. The predicted molar refractivity (Wildman–Crippen MR) is 64.7 cm³/mol. The van der Waals surface area contributed by atoms with Crippen LogP contribution < -0.4 is 0 Å². The number of rotatable bonds is 8. The van der Waals surface area contributed by atoms with Crippen LogP contribution in [-0.2, 0) is 37.4 Å². The van der Waals surface area contributed by atoms with Crippen molar-refractivity contribution < 1.29 is 30.5 Å². The van der Waals surface area contributed by atoms with Gasteiger partial charge in [0.05, 0.1) is 6.61 Å². The zero-order valence-electron chi connectivity index (χ0n) is 8.77. The fourth-order valence-electron chi connectivity index (χ4n) is 0.686. The van der Waals surface area contributed by atoms with Crippen molar-refractivity contribution in [2.45, 2.75) is 39.5 Å². The molecule has 0 amide bonds. The van der Waals surface area contributed by atoms with Gasteiger partial charge < -0.3 is 9.42 Å². The summed E-state index contributed by atoms with van der Waals surface area (Å²) < 4.78 is 5.26. The summed E-state index contributed by atoms with van der Waals surface area (Å²) in [6, 6.07) is 0. The average molecular weight is 338 g/mol. The first kappa shape index (κ1) is 18.0. The third kappa shape index (κ3) is 11.7. The first-order valence-corrected chi connectivity index (χ1v) is 9.00. The summed E-state index contributed by atoms with van der Waals surface area (Å²) in [4.78, 5) is 9.63. The van der Waals surface area contributed by atoms with E-state index in [1.807, 2.05) is 0 Å². The Morgan fingerprint density at radius 2 is 1.86 bits per heavy atom. The molecule has 0 aliphatic heterocycles. The van der Waals surface area contributed by atoms with E-state index in [0.717, 1.165) is 31.4 Å². The second kappa shape index (κ2) is 11.1. The Hall–Kier alpha value is 1.61. The van der Waals surface area contributed by atoms with Crippen molar-refractivity contribution in [1.29, 1.82) is 0 Å². The minimum absolute atomic E-state index is 0. The van der Waals surface area contributed by atoms with E-state index in [9.17, 15) is 4.89 Å². The van der Waals surface area contributed by atoms with Crippen LogP contribution in [0.5, 0.6) is 0 Å². The summed E-state index contributed by atoms with van der Waals surface area (Å²) >= 11 is 6.39. The van der Waals surface area contributed by atoms with E-state index < -0.39 is 5.69 Å². The largest absolute Gasteiger partial charge is 0.337 e. The van der Waals surface area contributed by atoms with E-state index in [1.54, 1.807) is 0 Å². The molecule has 1 unspecified atom stereocenters. The maximum atomic E-state index is 9.63. The molecule has 0 aliphatic rings. The van der Waals surface area contributed by atoms with Gasteiger partial charge in [-0.2, -0.15) is 0 Å². The van der Waals surface area contributed by atoms with Crippen LogP contribution in [0.15, 0.2) is 0 Å². The van der Waals surface area contributed by atoms with Crippen molar-refractivity contribution in [1.82, 2.24) is 0 Å². The van der Waals surface area contributed by atoms with Crippen molar-refractivity contribution in [3.05, 3.63) is 0 Å². The van der Waals surface area contributed by atoms with Gasteiger partial charge in [0.2, 0.25) is 5.69 Å². The summed E-state index contributed by atoms with van der Waals surface area (Å²) in [5.74, 6) is 0.913. The molecular formula is C8H19MoO2PS2. The fourth-order valence-corrected chi connectivity index (χ4v) is 4.19. The molecule has 0 bridgehead atoms. The van der Waals surface area contributed by atoms with E-state index >= 15 is 0 Å². The maximum Gasteiger partial charge on any atom is 0.244 e. The molecule has 0 aliphatic carbocycles. The first-order valence-electron chi connectivity index (χ1n) is 4.74. The molecule has 1 N–H and O–H groups in total. The van der Waals surface area contributed by atoms with Crippen LogP contribution >= 0.6 is 17.1 Å². The Bertz CT molecular complexity index is 155. The van der Waals surface area contributed by atoms with Crippen LogP contribution in [-0.4, -0.2) is 17.3 Å². The molecule has 0 aromatic heterocycles. The Labute approximate surface area is 111 Å². The average Bonchev–Trinajstić information content (AvgIpc) is 2.05. The zero-order valence-corrected chi connectivity index (χ0v) is 13.3. The van der Waals surface area contributed by atoms with Gasteiger partial charge in [-0.05, 0) is 24.6 Å². The molecule has 0 spiro atoms. The van der Waals surface area contributed by atoms with Crippen LogP contribution in [0.2, 0.25) is 0 Å². The molecular weight excluding hydrogens is 319 g/mol. The molecule has 0 fully saturated rings. The van der Waals surface area contributed by atoms with Crippen molar-refractivity contribution in [3.8, 4) is 0 Å². The topological polar surface area (TPSA) is 29.5 Å². The van der Waals surface area contributed by atoms with Gasteiger partial charge in [-0.15, -0.1) is 0 Å². The predicted octanol–water partition coefficient (Wildman–Crippen LogP) is 3.55. The van der Waals surface area contributed by atoms with Gasteiger partial charge in [0.1, 0.15) is 0 Å². The molecule has 86 valence electrons.